The first-order valence-electron chi connectivity index (χ1n) is 8.24. The lowest BCUT2D eigenvalue weighted by Gasteiger charge is -2.29. The number of nitrogens with one attached hydrogen (secondary N) is 1. The monoisotopic (exact) mass is 425 g/mol. The van der Waals surface area contributed by atoms with Crippen molar-refractivity contribution < 1.29 is 18.1 Å². The Morgan fingerprint density at radius 2 is 1.89 bits per heavy atom. The molecular formula is C18H20ClN3O5S. The molecule has 1 amide bonds. The summed E-state index contributed by atoms with van der Waals surface area (Å²) in [6, 6.07) is 7.69. The number of anilines is 2. The van der Waals surface area contributed by atoms with Crippen molar-refractivity contribution in [3.8, 4) is 0 Å². The molecule has 1 N–H and O–H groups in total. The molecule has 0 aromatic heterocycles. The molecule has 0 spiro atoms. The van der Waals surface area contributed by atoms with Crippen LogP contribution in [0.4, 0.5) is 17.1 Å². The highest BCUT2D eigenvalue weighted by atomic mass is 35.5. The van der Waals surface area contributed by atoms with Gasteiger partial charge < -0.3 is 5.32 Å². The number of carbonyl (C=O) groups is 1. The van der Waals surface area contributed by atoms with Gasteiger partial charge in [-0.2, -0.15) is 0 Å². The third-order valence-corrected chi connectivity index (χ3v) is 5.89. The van der Waals surface area contributed by atoms with E-state index in [2.05, 4.69) is 5.32 Å². The maximum atomic E-state index is 12.8. The highest BCUT2D eigenvalue weighted by Crippen LogP contribution is 2.30. The number of rotatable bonds is 6. The first kappa shape index (κ1) is 21.6. The fraction of sp³-hybridized carbons (Fsp3) is 0.278. The fourth-order valence-corrected chi connectivity index (χ4v) is 4.11. The van der Waals surface area contributed by atoms with E-state index in [-0.39, 0.29) is 11.4 Å². The zero-order valence-corrected chi connectivity index (χ0v) is 17.3. The third kappa shape index (κ3) is 4.60. The molecule has 0 aliphatic heterocycles. The zero-order chi connectivity index (χ0) is 21.2. The highest BCUT2D eigenvalue weighted by Gasteiger charge is 2.31. The second-order valence-electron chi connectivity index (χ2n) is 6.36. The van der Waals surface area contributed by atoms with Crippen LogP contribution in [0.2, 0.25) is 5.02 Å². The van der Waals surface area contributed by atoms with E-state index in [0.29, 0.717) is 21.8 Å². The van der Waals surface area contributed by atoms with E-state index >= 15 is 0 Å². The summed E-state index contributed by atoms with van der Waals surface area (Å²) in [6.45, 7) is 4.75. The van der Waals surface area contributed by atoms with Gasteiger partial charge in [0.05, 0.1) is 16.9 Å². The van der Waals surface area contributed by atoms with Gasteiger partial charge in [0, 0.05) is 22.8 Å². The van der Waals surface area contributed by atoms with Gasteiger partial charge in [0.15, 0.2) is 0 Å². The first-order chi connectivity index (χ1) is 12.9. The van der Waals surface area contributed by atoms with Gasteiger partial charge in [0.25, 0.3) is 5.69 Å². The molecule has 2 aromatic rings. The summed E-state index contributed by atoms with van der Waals surface area (Å²) < 4.78 is 25.8. The highest BCUT2D eigenvalue weighted by molar-refractivity contribution is 7.92. The minimum Gasteiger partial charge on any atom is -0.324 e. The van der Waals surface area contributed by atoms with E-state index in [0.717, 1.165) is 16.6 Å². The predicted molar refractivity (Wildman–Crippen MR) is 109 cm³/mol. The number of aryl methyl sites for hydroxylation is 1. The van der Waals surface area contributed by atoms with Crippen molar-refractivity contribution in [2.75, 3.05) is 15.9 Å². The van der Waals surface area contributed by atoms with Crippen LogP contribution in [0.3, 0.4) is 0 Å². The fourth-order valence-electron chi connectivity index (χ4n) is 2.71. The van der Waals surface area contributed by atoms with Crippen LogP contribution in [-0.2, 0) is 14.8 Å². The summed E-state index contributed by atoms with van der Waals surface area (Å²) in [6.07, 6.45) is 0.944. The molecule has 0 bridgehead atoms. The van der Waals surface area contributed by atoms with E-state index in [1.165, 1.54) is 19.1 Å². The van der Waals surface area contributed by atoms with Gasteiger partial charge in [-0.3, -0.25) is 19.2 Å². The zero-order valence-electron chi connectivity index (χ0n) is 15.8. The largest absolute Gasteiger partial charge is 0.324 e. The van der Waals surface area contributed by atoms with Gasteiger partial charge in [0.1, 0.15) is 6.04 Å². The Morgan fingerprint density at radius 1 is 1.25 bits per heavy atom. The predicted octanol–water partition coefficient (Wildman–Crippen LogP) is 3.66. The van der Waals surface area contributed by atoms with Crippen molar-refractivity contribution in [3.63, 3.8) is 0 Å². The second kappa shape index (κ2) is 8.15. The standard InChI is InChI=1S/C18H20ClN3O5S/c1-11-8-9-14(22(24)25)10-17(11)21(28(4,26)27)13(3)18(23)20-16-7-5-6-15(19)12(16)2/h5-10,13H,1-4H3,(H,20,23)/t13-/m0/s1. The number of non-ortho nitro benzene ring substituents is 1. The molecule has 2 rings (SSSR count). The first-order valence-corrected chi connectivity index (χ1v) is 10.5. The summed E-state index contributed by atoms with van der Waals surface area (Å²) in [5, 5.41) is 14.2. The molecule has 150 valence electrons. The molecule has 0 saturated heterocycles. The lowest BCUT2D eigenvalue weighted by Crippen LogP contribution is -2.45. The van der Waals surface area contributed by atoms with E-state index in [1.807, 2.05) is 0 Å². The number of halogens is 1. The molecular weight excluding hydrogens is 406 g/mol. The number of nitrogens with zero attached hydrogens (tertiary/aromatic N) is 2. The van der Waals surface area contributed by atoms with Gasteiger partial charge in [-0.1, -0.05) is 23.7 Å². The smallest absolute Gasteiger partial charge is 0.271 e. The number of carbonyl (C=O) groups excluding carboxylic acids is 1. The van der Waals surface area contributed by atoms with E-state index in [9.17, 15) is 23.3 Å². The maximum Gasteiger partial charge on any atom is 0.271 e. The summed E-state index contributed by atoms with van der Waals surface area (Å²) in [4.78, 5) is 23.2. The van der Waals surface area contributed by atoms with E-state index in [4.69, 9.17) is 11.6 Å². The molecule has 0 aliphatic carbocycles. The van der Waals surface area contributed by atoms with E-state index in [1.54, 1.807) is 32.0 Å². The molecule has 0 saturated carbocycles. The third-order valence-electron chi connectivity index (χ3n) is 4.26. The molecule has 2 aromatic carbocycles. The number of benzene rings is 2. The Hall–Kier alpha value is -2.65. The van der Waals surface area contributed by atoms with Crippen LogP contribution in [-0.4, -0.2) is 31.5 Å². The number of hydrogen-bond acceptors (Lipinski definition) is 5. The topological polar surface area (TPSA) is 110 Å². The molecule has 0 radical (unpaired) electrons. The second-order valence-corrected chi connectivity index (χ2v) is 8.63. The van der Waals surface area contributed by atoms with Crippen molar-refractivity contribution >= 4 is 44.6 Å². The van der Waals surface area contributed by atoms with Crippen LogP contribution < -0.4 is 9.62 Å². The Morgan fingerprint density at radius 3 is 2.46 bits per heavy atom. The van der Waals surface area contributed by atoms with Crippen LogP contribution in [0.1, 0.15) is 18.1 Å². The number of hydrogen-bond donors (Lipinski definition) is 1. The molecule has 0 unspecified atom stereocenters. The van der Waals surface area contributed by atoms with Gasteiger partial charge in [0.2, 0.25) is 15.9 Å². The van der Waals surface area contributed by atoms with Crippen molar-refractivity contribution in [3.05, 3.63) is 62.7 Å². The van der Waals surface area contributed by atoms with Crippen LogP contribution in [0, 0.1) is 24.0 Å². The number of amides is 1. The van der Waals surface area contributed by atoms with Crippen molar-refractivity contribution in [2.45, 2.75) is 26.8 Å². The maximum absolute atomic E-state index is 12.8. The summed E-state index contributed by atoms with van der Waals surface area (Å²) in [5.74, 6) is -0.596. The van der Waals surface area contributed by atoms with Crippen LogP contribution in [0.25, 0.3) is 0 Å². The van der Waals surface area contributed by atoms with Crippen molar-refractivity contribution in [1.82, 2.24) is 0 Å². The number of nitro groups is 1. The van der Waals surface area contributed by atoms with Gasteiger partial charge >= 0.3 is 0 Å². The lowest BCUT2D eigenvalue weighted by molar-refractivity contribution is -0.384. The number of nitro benzene ring substituents is 1. The van der Waals surface area contributed by atoms with Crippen molar-refractivity contribution in [1.29, 1.82) is 0 Å². The lowest BCUT2D eigenvalue weighted by atomic mass is 10.1. The minimum absolute atomic E-state index is 0.0715. The summed E-state index contributed by atoms with van der Waals surface area (Å²) in [7, 11) is -3.91. The average Bonchev–Trinajstić information content (AvgIpc) is 2.59. The Bertz CT molecular complexity index is 1040. The molecule has 0 fully saturated rings. The van der Waals surface area contributed by atoms with Gasteiger partial charge in [-0.25, -0.2) is 8.42 Å². The summed E-state index contributed by atoms with van der Waals surface area (Å²) >= 11 is 6.05. The van der Waals surface area contributed by atoms with Gasteiger partial charge in [-0.15, -0.1) is 0 Å². The van der Waals surface area contributed by atoms with Crippen LogP contribution in [0.15, 0.2) is 36.4 Å². The molecule has 28 heavy (non-hydrogen) atoms. The van der Waals surface area contributed by atoms with Crippen LogP contribution in [0.5, 0.6) is 0 Å². The Kier molecular flexibility index (Phi) is 6.30. The molecule has 8 nitrogen and oxygen atoms in total. The van der Waals surface area contributed by atoms with E-state index < -0.39 is 26.9 Å². The van der Waals surface area contributed by atoms with Crippen molar-refractivity contribution in [2.24, 2.45) is 0 Å². The number of sulfonamides is 1. The SMILES string of the molecule is Cc1ccc([N+](=O)[O-])cc1N([C@@H](C)C(=O)Nc1cccc(Cl)c1C)S(C)(=O)=O. The normalized spacial score (nSPS) is 12.3. The Labute approximate surface area is 168 Å². The van der Waals surface area contributed by atoms with Gasteiger partial charge in [-0.05, 0) is 44.0 Å². The molecule has 0 heterocycles. The van der Waals surface area contributed by atoms with Crippen LogP contribution >= 0.6 is 11.6 Å². The molecule has 0 aliphatic rings. The Balaban J connectivity index is 2.46. The minimum atomic E-state index is -3.91. The molecule has 10 heteroatoms. The average molecular weight is 426 g/mol. The quantitative estimate of drug-likeness (QED) is 0.561. The molecule has 1 atom stereocenters. The summed E-state index contributed by atoms with van der Waals surface area (Å²) in [5.41, 5.74) is 1.38.